The first kappa shape index (κ1) is 28.4. The van der Waals surface area contributed by atoms with Gasteiger partial charge in [-0.15, -0.1) is 0 Å². The second-order valence-electron chi connectivity index (χ2n) is 15.0. The lowest BCUT2D eigenvalue weighted by Gasteiger charge is -2.61. The summed E-state index contributed by atoms with van der Waals surface area (Å²) in [6.07, 6.45) is 18.4. The molecule has 0 radical (unpaired) electrons. The minimum absolute atomic E-state index is 0.0973. The third-order valence-electron chi connectivity index (χ3n) is 12.6. The molecule has 0 aromatic heterocycles. The molecule has 0 bridgehead atoms. The van der Waals surface area contributed by atoms with Crippen molar-refractivity contribution < 1.29 is 4.79 Å². The number of carbonyl (C=O) groups excluding carboxylic acids is 1. The van der Waals surface area contributed by atoms with Crippen LogP contribution in [0.15, 0.2) is 0 Å². The Morgan fingerprint density at radius 3 is 2.43 bits per heavy atom. The molecule has 5 aliphatic rings. The number of thioether (sulfide) groups is 1. The Kier molecular flexibility index (Phi) is 8.78. The van der Waals surface area contributed by atoms with E-state index in [9.17, 15) is 4.79 Å². The van der Waals surface area contributed by atoms with Crippen LogP contribution in [0.1, 0.15) is 125 Å². The van der Waals surface area contributed by atoms with Crippen LogP contribution in [0.3, 0.4) is 0 Å². The molecule has 2 nitrogen and oxygen atoms in total. The number of rotatable bonds is 6. The van der Waals surface area contributed by atoms with E-state index in [1.165, 1.54) is 77.0 Å². The second-order valence-corrected chi connectivity index (χ2v) is 16.8. The van der Waals surface area contributed by atoms with Crippen molar-refractivity contribution in [2.24, 2.45) is 52.3 Å². The van der Waals surface area contributed by atoms with Crippen LogP contribution in [0.4, 0.5) is 0 Å². The molecule has 1 unspecified atom stereocenters. The monoisotopic (exact) mass is 545 g/mol. The number of likely N-dealkylation sites (tertiary alicyclic amines) is 1. The van der Waals surface area contributed by atoms with Gasteiger partial charge in [0.2, 0.25) is 0 Å². The number of nitrogens with zero attached hydrogens (tertiary/aromatic N) is 1. The molecule has 0 aromatic rings. The van der Waals surface area contributed by atoms with E-state index in [0.29, 0.717) is 22.5 Å². The highest BCUT2D eigenvalue weighted by Crippen LogP contribution is 2.68. The van der Waals surface area contributed by atoms with Gasteiger partial charge in [0.1, 0.15) is 10.1 Å². The summed E-state index contributed by atoms with van der Waals surface area (Å²) >= 11 is 7.67. The van der Waals surface area contributed by atoms with Crippen molar-refractivity contribution in [2.75, 3.05) is 13.1 Å². The lowest BCUT2D eigenvalue weighted by Crippen LogP contribution is -2.56. The summed E-state index contributed by atoms with van der Waals surface area (Å²) in [4.78, 5) is 15.7. The van der Waals surface area contributed by atoms with E-state index in [4.69, 9.17) is 12.2 Å². The van der Waals surface area contributed by atoms with Gasteiger partial charge in [0, 0.05) is 19.5 Å². The summed E-state index contributed by atoms with van der Waals surface area (Å²) < 4.78 is 1.01. The van der Waals surface area contributed by atoms with Gasteiger partial charge in [-0.3, -0.25) is 4.79 Å². The van der Waals surface area contributed by atoms with E-state index >= 15 is 0 Å². The van der Waals surface area contributed by atoms with Gasteiger partial charge in [-0.1, -0.05) is 77.9 Å². The van der Waals surface area contributed by atoms with Gasteiger partial charge in [0.15, 0.2) is 0 Å². The van der Waals surface area contributed by atoms with Crippen molar-refractivity contribution >= 4 is 34.1 Å². The number of piperidine rings is 1. The fourth-order valence-electron chi connectivity index (χ4n) is 10.5. The Hall–Kier alpha value is -0.0900. The zero-order chi connectivity index (χ0) is 26.4. The summed E-state index contributed by atoms with van der Waals surface area (Å²) in [5.41, 5.74) is 0.879. The normalized spacial score (nSPS) is 42.8. The average Bonchev–Trinajstić information content (AvgIpc) is 3.22. The quantitative estimate of drug-likeness (QED) is 0.310. The topological polar surface area (TPSA) is 20.3 Å². The number of thiocarbonyl (C=S) groups is 1. The summed E-state index contributed by atoms with van der Waals surface area (Å²) in [6.45, 7) is 14.8. The summed E-state index contributed by atoms with van der Waals surface area (Å²) in [6, 6.07) is 0. The minimum atomic E-state index is 0.0973. The maximum atomic E-state index is 13.4. The van der Waals surface area contributed by atoms with Gasteiger partial charge in [-0.2, -0.15) is 0 Å². The first-order valence-corrected chi connectivity index (χ1v) is 17.4. The Labute approximate surface area is 238 Å². The Bertz CT molecular complexity index is 836. The number of fused-ring (bicyclic) bond motifs is 5. The first-order valence-electron chi connectivity index (χ1n) is 16.1. The molecule has 1 heterocycles. The fourth-order valence-corrected chi connectivity index (χ4v) is 12.3. The van der Waals surface area contributed by atoms with Crippen LogP contribution in [0, 0.1) is 52.3 Å². The highest BCUT2D eigenvalue weighted by Gasteiger charge is 2.61. The standard InChI is InChI=1S/C33H55NOS2/c1-22(2)10-9-11-23(3)26-14-15-27-25-13-12-24-20-29(35)30(37-31(36)34-18-7-6-8-19-34)21-33(24,5)28(25)16-17-32(26,27)4/h22-28,30H,6-21H2,1-5H3/t23-,24+,25+,26-,27+,28+,30?,32-,33+/m1/s1. The lowest BCUT2D eigenvalue weighted by atomic mass is 9.44. The van der Waals surface area contributed by atoms with Gasteiger partial charge in [-0.05, 0) is 116 Å². The van der Waals surface area contributed by atoms with Crippen molar-refractivity contribution in [1.29, 1.82) is 0 Å². The molecule has 37 heavy (non-hydrogen) atoms. The van der Waals surface area contributed by atoms with E-state index < -0.39 is 0 Å². The summed E-state index contributed by atoms with van der Waals surface area (Å²) in [7, 11) is 0. The molecule has 1 saturated heterocycles. The number of carbonyl (C=O) groups is 1. The molecule has 4 aliphatic carbocycles. The SMILES string of the molecule is CC(C)CCC[C@@H](C)[C@H]1CC[C@H]2[C@@H]3CC[C@H]4CC(=O)C(SC(=S)N5CCCCC5)C[C@]4(C)[C@H]3CC[C@]12C. The summed E-state index contributed by atoms with van der Waals surface area (Å²) in [5.74, 6) is 6.37. The molecule has 0 aromatic carbocycles. The van der Waals surface area contributed by atoms with E-state index in [0.717, 1.165) is 65.8 Å². The molecule has 9 atom stereocenters. The molecule has 1 aliphatic heterocycles. The van der Waals surface area contributed by atoms with Gasteiger partial charge in [-0.25, -0.2) is 0 Å². The maximum absolute atomic E-state index is 13.4. The molecule has 5 fully saturated rings. The summed E-state index contributed by atoms with van der Waals surface area (Å²) in [5, 5.41) is 0.0973. The molecule has 0 N–H and O–H groups in total. The predicted octanol–water partition coefficient (Wildman–Crippen LogP) is 9.16. The largest absolute Gasteiger partial charge is 0.358 e. The van der Waals surface area contributed by atoms with Crippen LogP contribution in [0.5, 0.6) is 0 Å². The lowest BCUT2D eigenvalue weighted by molar-refractivity contribution is -0.139. The molecule has 0 spiro atoms. The zero-order valence-corrected chi connectivity index (χ0v) is 26.2. The van der Waals surface area contributed by atoms with Gasteiger partial charge >= 0.3 is 0 Å². The van der Waals surface area contributed by atoms with Crippen molar-refractivity contribution in [2.45, 2.75) is 130 Å². The van der Waals surface area contributed by atoms with Crippen LogP contribution in [-0.2, 0) is 4.79 Å². The van der Waals surface area contributed by atoms with E-state index in [1.54, 1.807) is 11.8 Å². The highest BCUT2D eigenvalue weighted by atomic mass is 32.2. The fraction of sp³-hybridized carbons (Fsp3) is 0.939. The Morgan fingerprint density at radius 2 is 1.70 bits per heavy atom. The molecular weight excluding hydrogens is 491 g/mol. The van der Waals surface area contributed by atoms with E-state index in [2.05, 4.69) is 39.5 Å². The van der Waals surface area contributed by atoms with Crippen molar-refractivity contribution in [3.05, 3.63) is 0 Å². The number of Topliss-reactive ketones (excluding diaryl/α,β-unsaturated/α-hetero) is 1. The molecule has 210 valence electrons. The molecular formula is C33H55NOS2. The molecule has 4 saturated carbocycles. The van der Waals surface area contributed by atoms with Crippen LogP contribution < -0.4 is 0 Å². The van der Waals surface area contributed by atoms with E-state index in [-0.39, 0.29) is 5.25 Å². The number of ketones is 1. The van der Waals surface area contributed by atoms with Crippen molar-refractivity contribution in [3.8, 4) is 0 Å². The molecule has 4 heteroatoms. The van der Waals surface area contributed by atoms with E-state index in [1.807, 2.05) is 0 Å². The predicted molar refractivity (Wildman–Crippen MR) is 163 cm³/mol. The highest BCUT2D eigenvalue weighted by molar-refractivity contribution is 8.23. The van der Waals surface area contributed by atoms with Crippen LogP contribution in [0.2, 0.25) is 0 Å². The average molecular weight is 546 g/mol. The van der Waals surface area contributed by atoms with Crippen LogP contribution >= 0.6 is 24.0 Å². The van der Waals surface area contributed by atoms with Crippen molar-refractivity contribution in [1.82, 2.24) is 4.90 Å². The third-order valence-corrected chi connectivity index (χ3v) is 14.3. The Morgan fingerprint density at radius 1 is 0.973 bits per heavy atom. The van der Waals surface area contributed by atoms with Gasteiger partial charge < -0.3 is 4.90 Å². The van der Waals surface area contributed by atoms with Crippen LogP contribution in [-0.4, -0.2) is 33.3 Å². The molecule has 5 rings (SSSR count). The number of hydrogen-bond donors (Lipinski definition) is 0. The zero-order valence-electron chi connectivity index (χ0n) is 24.6. The Balaban J connectivity index is 1.27. The second kappa shape index (κ2) is 11.4. The number of hydrogen-bond acceptors (Lipinski definition) is 3. The smallest absolute Gasteiger partial charge is 0.146 e. The first-order chi connectivity index (χ1) is 17.6. The molecule has 0 amide bonds. The van der Waals surface area contributed by atoms with Crippen LogP contribution in [0.25, 0.3) is 0 Å². The minimum Gasteiger partial charge on any atom is -0.358 e. The maximum Gasteiger partial charge on any atom is 0.146 e. The third kappa shape index (κ3) is 5.47. The van der Waals surface area contributed by atoms with Crippen molar-refractivity contribution in [3.63, 3.8) is 0 Å². The van der Waals surface area contributed by atoms with Gasteiger partial charge in [0.05, 0.1) is 5.25 Å². The van der Waals surface area contributed by atoms with Gasteiger partial charge in [0.25, 0.3) is 0 Å².